The summed E-state index contributed by atoms with van der Waals surface area (Å²) >= 11 is 0. The molecule has 3 nitrogen and oxygen atoms in total. The van der Waals surface area contributed by atoms with Crippen molar-refractivity contribution in [1.82, 2.24) is 10.2 Å². The molecule has 1 aliphatic heterocycles. The van der Waals surface area contributed by atoms with E-state index in [1.807, 2.05) is 0 Å². The molecule has 1 heterocycles. The molecular formula is C16H25FN2O. The van der Waals surface area contributed by atoms with Gasteiger partial charge in [-0.2, -0.15) is 0 Å². The summed E-state index contributed by atoms with van der Waals surface area (Å²) in [6.45, 7) is 6.88. The molecular weight excluding hydrogens is 255 g/mol. The first-order valence-electron chi connectivity index (χ1n) is 7.51. The maximum absolute atomic E-state index is 13.3. The van der Waals surface area contributed by atoms with Crippen molar-refractivity contribution in [3.8, 4) is 5.75 Å². The third-order valence-corrected chi connectivity index (χ3v) is 4.01. The minimum Gasteiger partial charge on any atom is -0.508 e. The number of hydrogen-bond acceptors (Lipinski definition) is 3. The third kappa shape index (κ3) is 4.18. The molecule has 1 fully saturated rings. The molecule has 20 heavy (non-hydrogen) atoms. The lowest BCUT2D eigenvalue weighted by Gasteiger charge is -2.33. The molecule has 0 saturated carbocycles. The van der Waals surface area contributed by atoms with E-state index in [1.54, 1.807) is 0 Å². The number of phenolic OH excluding ortho intramolecular Hbond substituents is 1. The van der Waals surface area contributed by atoms with Gasteiger partial charge in [-0.3, -0.25) is 4.90 Å². The Kier molecular flexibility index (Phi) is 5.38. The predicted octanol–water partition coefficient (Wildman–Crippen LogP) is 2.88. The van der Waals surface area contributed by atoms with Gasteiger partial charge < -0.3 is 10.4 Å². The van der Waals surface area contributed by atoms with E-state index >= 15 is 0 Å². The Balaban J connectivity index is 2.02. The molecule has 1 aliphatic rings. The fourth-order valence-corrected chi connectivity index (χ4v) is 2.72. The Morgan fingerprint density at radius 2 is 2.20 bits per heavy atom. The van der Waals surface area contributed by atoms with Crippen LogP contribution in [0.25, 0.3) is 0 Å². The van der Waals surface area contributed by atoms with Gasteiger partial charge in [-0.25, -0.2) is 4.39 Å². The molecule has 1 atom stereocenters. The number of aromatic hydroxyl groups is 1. The molecule has 0 aliphatic carbocycles. The summed E-state index contributed by atoms with van der Waals surface area (Å²) in [7, 11) is 0. The SMILES string of the molecule is CC(C)N(Cc1cc(F)ccc1O)CC1CCCCN1. The van der Waals surface area contributed by atoms with Gasteiger partial charge in [-0.15, -0.1) is 0 Å². The summed E-state index contributed by atoms with van der Waals surface area (Å²) in [5.41, 5.74) is 0.662. The molecule has 4 heteroatoms. The van der Waals surface area contributed by atoms with Crippen LogP contribution in [0.2, 0.25) is 0 Å². The van der Waals surface area contributed by atoms with E-state index in [1.165, 1.54) is 37.5 Å². The molecule has 0 bridgehead atoms. The molecule has 112 valence electrons. The van der Waals surface area contributed by atoms with Crippen molar-refractivity contribution in [2.45, 2.75) is 51.7 Å². The third-order valence-electron chi connectivity index (χ3n) is 4.01. The van der Waals surface area contributed by atoms with Gasteiger partial charge in [0, 0.05) is 30.7 Å². The number of hydrogen-bond donors (Lipinski definition) is 2. The standard InChI is InChI=1S/C16H25FN2O/c1-12(2)19(11-15-5-3-4-8-18-15)10-13-9-14(17)6-7-16(13)20/h6-7,9,12,15,18,20H,3-5,8,10-11H2,1-2H3. The zero-order valence-corrected chi connectivity index (χ0v) is 12.4. The molecule has 1 aromatic rings. The fraction of sp³-hybridized carbons (Fsp3) is 0.625. The van der Waals surface area contributed by atoms with Crippen molar-refractivity contribution in [1.29, 1.82) is 0 Å². The summed E-state index contributed by atoms with van der Waals surface area (Å²) in [4.78, 5) is 2.29. The molecule has 1 aromatic carbocycles. The molecule has 0 aromatic heterocycles. The van der Waals surface area contributed by atoms with E-state index in [0.29, 0.717) is 24.2 Å². The van der Waals surface area contributed by atoms with Crippen molar-refractivity contribution in [3.05, 3.63) is 29.6 Å². The van der Waals surface area contributed by atoms with Crippen LogP contribution < -0.4 is 5.32 Å². The average molecular weight is 280 g/mol. The molecule has 1 unspecified atom stereocenters. The van der Waals surface area contributed by atoms with Crippen LogP contribution in [-0.4, -0.2) is 35.2 Å². The molecule has 2 rings (SSSR count). The summed E-state index contributed by atoms with van der Waals surface area (Å²) < 4.78 is 13.3. The van der Waals surface area contributed by atoms with Crippen molar-refractivity contribution in [3.63, 3.8) is 0 Å². The van der Waals surface area contributed by atoms with Crippen LogP contribution in [0.15, 0.2) is 18.2 Å². The number of rotatable bonds is 5. The van der Waals surface area contributed by atoms with Crippen LogP contribution in [-0.2, 0) is 6.54 Å². The quantitative estimate of drug-likeness (QED) is 0.870. The topological polar surface area (TPSA) is 35.5 Å². The second-order valence-electron chi connectivity index (χ2n) is 5.94. The number of piperidine rings is 1. The molecule has 2 N–H and O–H groups in total. The highest BCUT2D eigenvalue weighted by atomic mass is 19.1. The Morgan fingerprint density at radius 3 is 2.85 bits per heavy atom. The smallest absolute Gasteiger partial charge is 0.123 e. The van der Waals surface area contributed by atoms with Crippen LogP contribution >= 0.6 is 0 Å². The van der Waals surface area contributed by atoms with Gasteiger partial charge in [-0.1, -0.05) is 6.42 Å². The van der Waals surface area contributed by atoms with Gasteiger partial charge in [0.25, 0.3) is 0 Å². The van der Waals surface area contributed by atoms with Gasteiger partial charge in [-0.05, 0) is 51.4 Å². The molecule has 0 amide bonds. The van der Waals surface area contributed by atoms with E-state index in [9.17, 15) is 9.50 Å². The van der Waals surface area contributed by atoms with E-state index in [-0.39, 0.29) is 11.6 Å². The molecule has 1 saturated heterocycles. The summed E-state index contributed by atoms with van der Waals surface area (Å²) in [5.74, 6) is -0.119. The van der Waals surface area contributed by atoms with Crippen molar-refractivity contribution in [2.75, 3.05) is 13.1 Å². The number of phenols is 1. The van der Waals surface area contributed by atoms with E-state index in [2.05, 4.69) is 24.1 Å². The highest BCUT2D eigenvalue weighted by molar-refractivity contribution is 5.32. The Labute approximate surface area is 120 Å². The van der Waals surface area contributed by atoms with Crippen LogP contribution in [0.4, 0.5) is 4.39 Å². The maximum Gasteiger partial charge on any atom is 0.123 e. The van der Waals surface area contributed by atoms with Crippen LogP contribution in [0, 0.1) is 5.82 Å². The first-order valence-corrected chi connectivity index (χ1v) is 7.51. The van der Waals surface area contributed by atoms with Crippen molar-refractivity contribution in [2.24, 2.45) is 0 Å². The second kappa shape index (κ2) is 7.04. The summed E-state index contributed by atoms with van der Waals surface area (Å²) in [6.07, 6.45) is 3.72. The number of benzene rings is 1. The van der Waals surface area contributed by atoms with Gasteiger partial charge >= 0.3 is 0 Å². The molecule has 0 spiro atoms. The first kappa shape index (κ1) is 15.3. The number of nitrogens with zero attached hydrogens (tertiary/aromatic N) is 1. The monoisotopic (exact) mass is 280 g/mol. The summed E-state index contributed by atoms with van der Waals surface area (Å²) in [5, 5.41) is 13.4. The molecule has 0 radical (unpaired) electrons. The highest BCUT2D eigenvalue weighted by Crippen LogP contribution is 2.21. The number of halogens is 1. The highest BCUT2D eigenvalue weighted by Gasteiger charge is 2.19. The summed E-state index contributed by atoms with van der Waals surface area (Å²) in [6, 6.07) is 5.02. The van der Waals surface area contributed by atoms with Crippen LogP contribution in [0.3, 0.4) is 0 Å². The minimum absolute atomic E-state index is 0.175. The zero-order valence-electron chi connectivity index (χ0n) is 12.4. The van der Waals surface area contributed by atoms with E-state index in [4.69, 9.17) is 0 Å². The van der Waals surface area contributed by atoms with E-state index < -0.39 is 0 Å². The number of nitrogens with one attached hydrogen (secondary N) is 1. The van der Waals surface area contributed by atoms with Crippen molar-refractivity contribution < 1.29 is 9.50 Å². The largest absolute Gasteiger partial charge is 0.508 e. The van der Waals surface area contributed by atoms with Crippen LogP contribution in [0.1, 0.15) is 38.7 Å². The van der Waals surface area contributed by atoms with Gasteiger partial charge in [0.05, 0.1) is 0 Å². The lowest BCUT2D eigenvalue weighted by atomic mass is 10.0. The van der Waals surface area contributed by atoms with Crippen molar-refractivity contribution >= 4 is 0 Å². The van der Waals surface area contributed by atoms with E-state index in [0.717, 1.165) is 13.1 Å². The Bertz CT molecular complexity index is 430. The first-order chi connectivity index (χ1) is 9.56. The Morgan fingerprint density at radius 1 is 1.40 bits per heavy atom. The Hall–Kier alpha value is -1.13. The van der Waals surface area contributed by atoms with Gasteiger partial charge in [0.1, 0.15) is 11.6 Å². The predicted molar refractivity (Wildman–Crippen MR) is 79.3 cm³/mol. The zero-order chi connectivity index (χ0) is 14.5. The second-order valence-corrected chi connectivity index (χ2v) is 5.94. The van der Waals surface area contributed by atoms with Gasteiger partial charge in [0.2, 0.25) is 0 Å². The average Bonchev–Trinajstić information content (AvgIpc) is 2.43. The normalized spacial score (nSPS) is 19.8. The lowest BCUT2D eigenvalue weighted by molar-refractivity contribution is 0.175. The minimum atomic E-state index is -0.294. The lowest BCUT2D eigenvalue weighted by Crippen LogP contribution is -2.45. The fourth-order valence-electron chi connectivity index (χ4n) is 2.72. The van der Waals surface area contributed by atoms with Crippen LogP contribution in [0.5, 0.6) is 5.75 Å². The van der Waals surface area contributed by atoms with Gasteiger partial charge in [0.15, 0.2) is 0 Å². The maximum atomic E-state index is 13.3.